The molecular weight excluding hydrogens is 144 g/mol. The van der Waals surface area contributed by atoms with E-state index < -0.39 is 0 Å². The van der Waals surface area contributed by atoms with Gasteiger partial charge in [-0.15, -0.1) is 6.58 Å². The van der Waals surface area contributed by atoms with Crippen LogP contribution in [-0.4, -0.2) is 0 Å². The number of hydrogen-bond acceptors (Lipinski definition) is 0. The first-order chi connectivity index (χ1) is 5.70. The number of allylic oxidation sites excluding steroid dienone is 3. The Morgan fingerprint density at radius 1 is 1.50 bits per heavy atom. The van der Waals surface area contributed by atoms with Gasteiger partial charge in [0.25, 0.3) is 0 Å². The summed E-state index contributed by atoms with van der Waals surface area (Å²) >= 11 is 0. The van der Waals surface area contributed by atoms with Gasteiger partial charge in [0.2, 0.25) is 0 Å². The van der Waals surface area contributed by atoms with Gasteiger partial charge in [-0.2, -0.15) is 0 Å². The summed E-state index contributed by atoms with van der Waals surface area (Å²) in [7, 11) is 0. The van der Waals surface area contributed by atoms with Crippen LogP contribution in [0.3, 0.4) is 0 Å². The second-order valence-electron chi connectivity index (χ2n) is 3.59. The largest absolute Gasteiger partial charge is 0.103 e. The van der Waals surface area contributed by atoms with E-state index in [1.165, 1.54) is 31.3 Å². The van der Waals surface area contributed by atoms with Gasteiger partial charge in [0, 0.05) is 0 Å². The summed E-state index contributed by atoms with van der Waals surface area (Å²) in [5, 5.41) is 0. The van der Waals surface area contributed by atoms with Crippen LogP contribution in [0.1, 0.15) is 46.5 Å². The maximum atomic E-state index is 3.77. The summed E-state index contributed by atoms with van der Waals surface area (Å²) in [6, 6.07) is 0. The van der Waals surface area contributed by atoms with E-state index in [0.29, 0.717) is 5.92 Å². The third kappa shape index (κ3) is 6.21. The summed E-state index contributed by atoms with van der Waals surface area (Å²) in [6.07, 6.45) is 9.36. The molecule has 1 atom stereocenters. The highest BCUT2D eigenvalue weighted by Gasteiger charge is 1.93. The third-order valence-electron chi connectivity index (χ3n) is 2.16. The number of hydrogen-bond donors (Lipinski definition) is 0. The normalized spacial score (nSPS) is 14.4. The van der Waals surface area contributed by atoms with Gasteiger partial charge in [-0.1, -0.05) is 38.0 Å². The lowest BCUT2D eigenvalue weighted by molar-refractivity contribution is 0.656. The van der Waals surface area contributed by atoms with Crippen molar-refractivity contribution in [2.24, 2.45) is 5.92 Å². The van der Waals surface area contributed by atoms with E-state index in [0.717, 1.165) is 0 Å². The van der Waals surface area contributed by atoms with Crippen LogP contribution in [0.15, 0.2) is 24.3 Å². The summed E-state index contributed by atoms with van der Waals surface area (Å²) < 4.78 is 0. The highest BCUT2D eigenvalue weighted by Crippen LogP contribution is 2.10. The van der Waals surface area contributed by atoms with Crippen molar-refractivity contribution >= 4 is 0 Å². The maximum absolute atomic E-state index is 3.77. The SMILES string of the molecule is C=CC(C)CCC=C(C)CCC. The average Bonchev–Trinajstić information content (AvgIpc) is 2.04. The first-order valence-electron chi connectivity index (χ1n) is 4.98. The molecule has 0 aromatic carbocycles. The highest BCUT2D eigenvalue weighted by atomic mass is 14.0. The zero-order valence-electron chi connectivity index (χ0n) is 8.77. The Kier molecular flexibility index (Phi) is 6.84. The highest BCUT2D eigenvalue weighted by molar-refractivity contribution is 4.97. The van der Waals surface area contributed by atoms with Gasteiger partial charge < -0.3 is 0 Å². The molecule has 0 heterocycles. The van der Waals surface area contributed by atoms with Crippen LogP contribution < -0.4 is 0 Å². The lowest BCUT2D eigenvalue weighted by Gasteiger charge is -2.02. The molecule has 0 saturated heterocycles. The molecule has 0 rings (SSSR count). The van der Waals surface area contributed by atoms with Crippen LogP contribution in [0.25, 0.3) is 0 Å². The Bertz CT molecular complexity index is 142. The minimum Gasteiger partial charge on any atom is -0.103 e. The van der Waals surface area contributed by atoms with Crippen LogP contribution in [0.2, 0.25) is 0 Å². The minimum absolute atomic E-state index is 0.663. The first kappa shape index (κ1) is 11.5. The monoisotopic (exact) mass is 166 g/mol. The zero-order chi connectivity index (χ0) is 9.40. The van der Waals surface area contributed by atoms with Gasteiger partial charge in [-0.05, 0) is 32.1 Å². The molecule has 0 amide bonds. The van der Waals surface area contributed by atoms with Crippen molar-refractivity contribution in [1.29, 1.82) is 0 Å². The van der Waals surface area contributed by atoms with Gasteiger partial charge in [0.1, 0.15) is 0 Å². The Morgan fingerprint density at radius 3 is 2.67 bits per heavy atom. The molecule has 0 aliphatic carbocycles. The fourth-order valence-corrected chi connectivity index (χ4v) is 1.21. The van der Waals surface area contributed by atoms with Gasteiger partial charge in [-0.3, -0.25) is 0 Å². The molecule has 0 aliphatic heterocycles. The molecule has 0 N–H and O–H groups in total. The standard InChI is InChI=1S/C12H22/c1-5-8-12(4)10-7-9-11(3)6-2/h6,10-11H,2,5,7-9H2,1,3-4H3. The summed E-state index contributed by atoms with van der Waals surface area (Å²) in [6.45, 7) is 10.4. The van der Waals surface area contributed by atoms with E-state index in [1.54, 1.807) is 0 Å². The van der Waals surface area contributed by atoms with Crippen LogP contribution in [-0.2, 0) is 0 Å². The summed E-state index contributed by atoms with van der Waals surface area (Å²) in [5.74, 6) is 0.663. The lowest BCUT2D eigenvalue weighted by atomic mass is 10.0. The van der Waals surface area contributed by atoms with Gasteiger partial charge in [-0.25, -0.2) is 0 Å². The summed E-state index contributed by atoms with van der Waals surface area (Å²) in [5.41, 5.74) is 1.54. The van der Waals surface area contributed by atoms with Gasteiger partial charge >= 0.3 is 0 Å². The van der Waals surface area contributed by atoms with Crippen molar-refractivity contribution in [3.63, 3.8) is 0 Å². The smallest absolute Gasteiger partial charge is 0.0262 e. The topological polar surface area (TPSA) is 0 Å². The average molecular weight is 166 g/mol. The summed E-state index contributed by atoms with van der Waals surface area (Å²) in [4.78, 5) is 0. The van der Waals surface area contributed by atoms with Crippen molar-refractivity contribution in [2.75, 3.05) is 0 Å². The first-order valence-corrected chi connectivity index (χ1v) is 4.98. The van der Waals surface area contributed by atoms with E-state index in [-0.39, 0.29) is 0 Å². The number of rotatable bonds is 6. The molecule has 0 heteroatoms. The fourth-order valence-electron chi connectivity index (χ4n) is 1.21. The van der Waals surface area contributed by atoms with E-state index in [2.05, 4.69) is 33.4 Å². The van der Waals surface area contributed by atoms with E-state index in [4.69, 9.17) is 0 Å². The van der Waals surface area contributed by atoms with Crippen molar-refractivity contribution in [1.82, 2.24) is 0 Å². The van der Waals surface area contributed by atoms with Crippen LogP contribution in [0.5, 0.6) is 0 Å². The predicted molar refractivity (Wildman–Crippen MR) is 57.3 cm³/mol. The Morgan fingerprint density at radius 2 is 2.17 bits per heavy atom. The minimum atomic E-state index is 0.663. The quantitative estimate of drug-likeness (QED) is 0.515. The molecule has 12 heavy (non-hydrogen) atoms. The molecule has 0 radical (unpaired) electrons. The molecule has 0 aliphatic rings. The van der Waals surface area contributed by atoms with Gasteiger partial charge in [0.05, 0.1) is 0 Å². The van der Waals surface area contributed by atoms with Crippen molar-refractivity contribution in [3.05, 3.63) is 24.3 Å². The molecule has 0 fully saturated rings. The van der Waals surface area contributed by atoms with Crippen LogP contribution in [0, 0.1) is 5.92 Å². The van der Waals surface area contributed by atoms with Crippen molar-refractivity contribution in [2.45, 2.75) is 46.5 Å². The Balaban J connectivity index is 3.51. The van der Waals surface area contributed by atoms with Crippen molar-refractivity contribution < 1.29 is 0 Å². The zero-order valence-corrected chi connectivity index (χ0v) is 8.77. The van der Waals surface area contributed by atoms with Gasteiger partial charge in [0.15, 0.2) is 0 Å². The van der Waals surface area contributed by atoms with E-state index >= 15 is 0 Å². The van der Waals surface area contributed by atoms with Crippen LogP contribution in [0.4, 0.5) is 0 Å². The molecule has 0 aromatic heterocycles. The third-order valence-corrected chi connectivity index (χ3v) is 2.16. The molecular formula is C12H22. The Labute approximate surface area is 77.4 Å². The molecule has 0 spiro atoms. The van der Waals surface area contributed by atoms with Crippen LogP contribution >= 0.6 is 0 Å². The molecule has 0 nitrogen and oxygen atoms in total. The van der Waals surface area contributed by atoms with E-state index in [1.807, 2.05) is 6.08 Å². The predicted octanol–water partition coefficient (Wildman–Crippen LogP) is 4.34. The molecule has 1 unspecified atom stereocenters. The maximum Gasteiger partial charge on any atom is -0.0262 e. The Hall–Kier alpha value is -0.520. The van der Waals surface area contributed by atoms with E-state index in [9.17, 15) is 0 Å². The fraction of sp³-hybridized carbons (Fsp3) is 0.667. The second kappa shape index (κ2) is 7.15. The lowest BCUT2D eigenvalue weighted by Crippen LogP contribution is -1.87. The second-order valence-corrected chi connectivity index (χ2v) is 3.59. The molecule has 70 valence electrons. The van der Waals surface area contributed by atoms with Crippen molar-refractivity contribution in [3.8, 4) is 0 Å². The molecule has 0 bridgehead atoms. The molecule has 0 aromatic rings. The molecule has 0 saturated carbocycles.